The molecule has 0 fully saturated rings. The van der Waals surface area contributed by atoms with Crippen molar-refractivity contribution in [3.05, 3.63) is 28.2 Å². The van der Waals surface area contributed by atoms with E-state index in [2.05, 4.69) is 15.9 Å². The number of hydrogen-bond acceptors (Lipinski definition) is 3. The molecule has 1 aliphatic heterocycles. The molecule has 1 aromatic carbocycles. The van der Waals surface area contributed by atoms with Crippen molar-refractivity contribution in [3.63, 3.8) is 0 Å². The lowest BCUT2D eigenvalue weighted by Crippen LogP contribution is -2.30. The highest BCUT2D eigenvalue weighted by Gasteiger charge is 2.36. The zero-order valence-electron chi connectivity index (χ0n) is 10.6. The van der Waals surface area contributed by atoms with Crippen LogP contribution in [0, 0.1) is 0 Å². The second-order valence-corrected chi connectivity index (χ2v) is 5.44. The van der Waals surface area contributed by atoms with Crippen molar-refractivity contribution in [1.82, 2.24) is 0 Å². The van der Waals surface area contributed by atoms with Crippen LogP contribution in [-0.2, 0) is 9.59 Å². The van der Waals surface area contributed by atoms with Crippen LogP contribution in [0.4, 0.5) is 5.69 Å². The largest absolute Gasteiger partial charge is 0.304 e. The Morgan fingerprint density at radius 3 is 2.68 bits per heavy atom. The summed E-state index contributed by atoms with van der Waals surface area (Å²) in [4.78, 5) is 36.1. The van der Waals surface area contributed by atoms with Crippen molar-refractivity contribution in [3.8, 4) is 0 Å². The molecule has 5 heteroatoms. The molecular formula is C14H14BrNO3. The number of benzene rings is 1. The molecule has 0 atom stereocenters. The van der Waals surface area contributed by atoms with Gasteiger partial charge < -0.3 is 9.69 Å². The van der Waals surface area contributed by atoms with Gasteiger partial charge in [-0.25, -0.2) is 0 Å². The van der Waals surface area contributed by atoms with Gasteiger partial charge in [0.2, 0.25) is 0 Å². The van der Waals surface area contributed by atoms with E-state index in [0.717, 1.165) is 10.9 Å². The second-order valence-electron chi connectivity index (χ2n) is 4.58. The molecule has 0 N–H and O–H groups in total. The minimum absolute atomic E-state index is 0.144. The van der Waals surface area contributed by atoms with Gasteiger partial charge in [0.25, 0.3) is 11.7 Å². The van der Waals surface area contributed by atoms with Crippen LogP contribution in [0.5, 0.6) is 0 Å². The standard InChI is InChI=1S/C14H14BrNO3/c1-9(17)5-2-3-8-16-12-10(13(18)14(16)19)6-4-7-11(12)15/h4,6-7H,2-3,5,8H2,1H3. The molecule has 1 heterocycles. The minimum atomic E-state index is -0.482. The monoisotopic (exact) mass is 323 g/mol. The van der Waals surface area contributed by atoms with Gasteiger partial charge >= 0.3 is 0 Å². The Morgan fingerprint density at radius 2 is 2.00 bits per heavy atom. The molecule has 0 saturated carbocycles. The van der Waals surface area contributed by atoms with E-state index in [1.807, 2.05) is 6.07 Å². The maximum absolute atomic E-state index is 11.9. The van der Waals surface area contributed by atoms with Crippen LogP contribution in [0.2, 0.25) is 0 Å². The van der Waals surface area contributed by atoms with Crippen LogP contribution in [0.15, 0.2) is 22.7 Å². The highest BCUT2D eigenvalue weighted by molar-refractivity contribution is 9.10. The van der Waals surface area contributed by atoms with Gasteiger partial charge in [0.1, 0.15) is 5.78 Å². The molecule has 0 bridgehead atoms. The normalized spacial score (nSPS) is 13.9. The number of fused-ring (bicyclic) bond motifs is 1. The van der Waals surface area contributed by atoms with Gasteiger partial charge in [-0.3, -0.25) is 9.59 Å². The smallest absolute Gasteiger partial charge is 0.299 e. The summed E-state index contributed by atoms with van der Waals surface area (Å²) in [6.45, 7) is 2.02. The number of para-hydroxylation sites is 1. The third-order valence-electron chi connectivity index (χ3n) is 3.10. The van der Waals surface area contributed by atoms with E-state index in [4.69, 9.17) is 0 Å². The second kappa shape index (κ2) is 5.65. The van der Waals surface area contributed by atoms with Crippen molar-refractivity contribution >= 4 is 39.1 Å². The van der Waals surface area contributed by atoms with Gasteiger partial charge in [-0.15, -0.1) is 0 Å². The van der Waals surface area contributed by atoms with Gasteiger partial charge in [0.05, 0.1) is 11.3 Å². The third kappa shape index (κ3) is 2.76. The fourth-order valence-corrected chi connectivity index (χ4v) is 2.75. The number of anilines is 1. The van der Waals surface area contributed by atoms with E-state index in [1.165, 1.54) is 4.90 Å². The molecule has 1 aliphatic rings. The maximum Gasteiger partial charge on any atom is 0.299 e. The average molecular weight is 324 g/mol. The molecule has 19 heavy (non-hydrogen) atoms. The Kier molecular flexibility index (Phi) is 4.14. The molecule has 0 spiro atoms. The van der Waals surface area contributed by atoms with Crippen LogP contribution in [-0.4, -0.2) is 24.0 Å². The molecule has 0 radical (unpaired) electrons. The first-order valence-corrected chi connectivity index (χ1v) is 6.96. The molecular weight excluding hydrogens is 310 g/mol. The number of rotatable bonds is 5. The average Bonchev–Trinajstić information content (AvgIpc) is 2.60. The van der Waals surface area contributed by atoms with E-state index >= 15 is 0 Å². The van der Waals surface area contributed by atoms with Crippen molar-refractivity contribution in [2.75, 3.05) is 11.4 Å². The number of carbonyl (C=O) groups excluding carboxylic acids is 3. The maximum atomic E-state index is 11.9. The van der Waals surface area contributed by atoms with Crippen LogP contribution in [0.25, 0.3) is 0 Å². The lowest BCUT2D eigenvalue weighted by Gasteiger charge is -2.17. The predicted molar refractivity (Wildman–Crippen MR) is 75.4 cm³/mol. The van der Waals surface area contributed by atoms with Crippen molar-refractivity contribution in [2.45, 2.75) is 26.2 Å². The number of unbranched alkanes of at least 4 members (excludes halogenated alkanes) is 1. The summed E-state index contributed by atoms with van der Waals surface area (Å²) in [5.41, 5.74) is 1.10. The van der Waals surface area contributed by atoms with E-state index in [1.54, 1.807) is 19.1 Å². The molecule has 100 valence electrons. The number of ketones is 2. The fourth-order valence-electron chi connectivity index (χ4n) is 2.17. The van der Waals surface area contributed by atoms with Crippen LogP contribution in [0.1, 0.15) is 36.5 Å². The number of Topliss-reactive ketones (excluding diaryl/α,β-unsaturated/α-hetero) is 2. The summed E-state index contributed by atoms with van der Waals surface area (Å²) in [5.74, 6) is -0.794. The van der Waals surface area contributed by atoms with E-state index in [0.29, 0.717) is 30.6 Å². The van der Waals surface area contributed by atoms with Gasteiger partial charge in [0.15, 0.2) is 0 Å². The fraction of sp³-hybridized carbons (Fsp3) is 0.357. The molecule has 1 amide bonds. The highest BCUT2D eigenvalue weighted by Crippen LogP contribution is 2.35. The highest BCUT2D eigenvalue weighted by atomic mass is 79.9. The Balaban J connectivity index is 2.12. The minimum Gasteiger partial charge on any atom is -0.304 e. The quantitative estimate of drug-likeness (QED) is 0.618. The van der Waals surface area contributed by atoms with Crippen LogP contribution >= 0.6 is 15.9 Å². The van der Waals surface area contributed by atoms with E-state index in [-0.39, 0.29) is 5.78 Å². The summed E-state index contributed by atoms with van der Waals surface area (Å²) in [5, 5.41) is 0. The Hall–Kier alpha value is -1.49. The van der Waals surface area contributed by atoms with E-state index < -0.39 is 11.7 Å². The first-order valence-electron chi connectivity index (χ1n) is 6.16. The summed E-state index contributed by atoms with van der Waals surface area (Å²) < 4.78 is 0.746. The van der Waals surface area contributed by atoms with Gasteiger partial charge in [-0.1, -0.05) is 6.07 Å². The van der Waals surface area contributed by atoms with E-state index in [9.17, 15) is 14.4 Å². The van der Waals surface area contributed by atoms with Crippen LogP contribution in [0.3, 0.4) is 0 Å². The third-order valence-corrected chi connectivity index (χ3v) is 3.74. The molecule has 4 nitrogen and oxygen atoms in total. The van der Waals surface area contributed by atoms with Gasteiger partial charge in [-0.2, -0.15) is 0 Å². The van der Waals surface area contributed by atoms with Crippen molar-refractivity contribution in [2.24, 2.45) is 0 Å². The Morgan fingerprint density at radius 1 is 1.26 bits per heavy atom. The lowest BCUT2D eigenvalue weighted by atomic mass is 10.1. The SMILES string of the molecule is CC(=O)CCCCN1C(=O)C(=O)c2cccc(Br)c21. The molecule has 0 unspecified atom stereocenters. The van der Waals surface area contributed by atoms with Gasteiger partial charge in [-0.05, 0) is 47.8 Å². The lowest BCUT2D eigenvalue weighted by molar-refractivity contribution is -0.117. The number of nitrogens with zero attached hydrogens (tertiary/aromatic N) is 1. The number of carbonyl (C=O) groups is 3. The zero-order chi connectivity index (χ0) is 14.0. The molecule has 2 rings (SSSR count). The topological polar surface area (TPSA) is 54.5 Å². The number of amides is 1. The number of hydrogen-bond donors (Lipinski definition) is 0. The van der Waals surface area contributed by atoms with Gasteiger partial charge in [0, 0.05) is 17.4 Å². The zero-order valence-corrected chi connectivity index (χ0v) is 12.2. The summed E-state index contributed by atoms with van der Waals surface area (Å²) in [6.07, 6.45) is 1.95. The Bertz CT molecular complexity index is 554. The Labute approximate surface area is 119 Å². The summed E-state index contributed by atoms with van der Waals surface area (Å²) in [6, 6.07) is 5.22. The van der Waals surface area contributed by atoms with Crippen LogP contribution < -0.4 is 4.90 Å². The first kappa shape index (κ1) is 13.9. The first-order chi connectivity index (χ1) is 9.02. The molecule has 0 aromatic heterocycles. The predicted octanol–water partition coefficient (Wildman–Crippen LogP) is 2.74. The molecule has 1 aromatic rings. The number of halogens is 1. The summed E-state index contributed by atoms with van der Waals surface area (Å²) in [7, 11) is 0. The van der Waals surface area contributed by atoms with Crippen molar-refractivity contribution < 1.29 is 14.4 Å². The molecule has 0 saturated heterocycles. The van der Waals surface area contributed by atoms with Crippen molar-refractivity contribution in [1.29, 1.82) is 0 Å². The summed E-state index contributed by atoms with van der Waals surface area (Å²) >= 11 is 3.37. The molecule has 0 aliphatic carbocycles.